The molecule has 0 atom stereocenters. The average molecular weight is 292 g/mol. The number of hydrogen-bond donors (Lipinski definition) is 1. The molecule has 1 aromatic heterocycles. The van der Waals surface area contributed by atoms with Gasteiger partial charge in [0.05, 0.1) is 11.9 Å². The molecule has 0 fully saturated rings. The van der Waals surface area contributed by atoms with Crippen molar-refractivity contribution in [3.8, 4) is 11.6 Å². The minimum atomic E-state index is 0.478. The van der Waals surface area contributed by atoms with Crippen LogP contribution < -0.4 is 10.1 Å². The normalized spacial score (nSPS) is 10.6. The van der Waals surface area contributed by atoms with Crippen LogP contribution in [0.15, 0.2) is 30.6 Å². The summed E-state index contributed by atoms with van der Waals surface area (Å²) in [5.41, 5.74) is 1.86. The second-order valence-corrected chi connectivity index (χ2v) is 4.97. The second-order valence-electron chi connectivity index (χ2n) is 4.54. The summed E-state index contributed by atoms with van der Waals surface area (Å²) in [6.07, 6.45) is 4.43. The highest BCUT2D eigenvalue weighted by molar-refractivity contribution is 6.30. The summed E-state index contributed by atoms with van der Waals surface area (Å²) >= 11 is 5.97. The van der Waals surface area contributed by atoms with Gasteiger partial charge >= 0.3 is 0 Å². The Morgan fingerprint density at radius 1 is 1.30 bits per heavy atom. The molecule has 0 saturated carbocycles. The minimum absolute atomic E-state index is 0.478. The highest BCUT2D eigenvalue weighted by Gasteiger charge is 2.05. The fourth-order valence-electron chi connectivity index (χ4n) is 1.71. The monoisotopic (exact) mass is 291 g/mol. The molecule has 0 bridgehead atoms. The number of aromatic nitrogens is 2. The molecule has 0 unspecified atom stereocenters. The van der Waals surface area contributed by atoms with Crippen molar-refractivity contribution in [2.45, 2.75) is 26.8 Å². The maximum Gasteiger partial charge on any atom is 0.238 e. The van der Waals surface area contributed by atoms with Crippen molar-refractivity contribution in [3.63, 3.8) is 0 Å². The van der Waals surface area contributed by atoms with Crippen molar-refractivity contribution >= 4 is 11.6 Å². The zero-order chi connectivity index (χ0) is 14.4. The number of ether oxygens (including phenoxy) is 1. The Labute approximate surface area is 124 Å². The van der Waals surface area contributed by atoms with Crippen molar-refractivity contribution in [3.05, 3.63) is 46.9 Å². The van der Waals surface area contributed by atoms with Crippen molar-refractivity contribution in [1.29, 1.82) is 0 Å². The van der Waals surface area contributed by atoms with Gasteiger partial charge in [0.25, 0.3) is 0 Å². The van der Waals surface area contributed by atoms with E-state index in [1.54, 1.807) is 18.5 Å². The van der Waals surface area contributed by atoms with Crippen LogP contribution in [0.25, 0.3) is 0 Å². The number of nitrogens with zero attached hydrogens (tertiary/aromatic N) is 2. The largest absolute Gasteiger partial charge is 0.437 e. The van der Waals surface area contributed by atoms with Gasteiger partial charge in [-0.1, -0.05) is 24.6 Å². The van der Waals surface area contributed by atoms with E-state index < -0.39 is 0 Å². The van der Waals surface area contributed by atoms with Crippen molar-refractivity contribution in [2.75, 3.05) is 6.54 Å². The molecule has 0 spiro atoms. The van der Waals surface area contributed by atoms with Gasteiger partial charge in [-0.2, -0.15) is 0 Å². The van der Waals surface area contributed by atoms with Gasteiger partial charge in [0.1, 0.15) is 5.75 Å². The molecule has 5 heteroatoms. The van der Waals surface area contributed by atoms with Gasteiger partial charge in [0.2, 0.25) is 5.88 Å². The van der Waals surface area contributed by atoms with E-state index in [0.717, 1.165) is 24.2 Å². The van der Waals surface area contributed by atoms with Crippen LogP contribution in [-0.2, 0) is 6.54 Å². The van der Waals surface area contributed by atoms with Crippen molar-refractivity contribution < 1.29 is 4.74 Å². The van der Waals surface area contributed by atoms with E-state index in [0.29, 0.717) is 23.2 Å². The number of hydrogen-bond acceptors (Lipinski definition) is 4. The molecular weight excluding hydrogens is 274 g/mol. The molecule has 0 aliphatic rings. The first-order valence-electron chi connectivity index (χ1n) is 6.64. The molecule has 0 aliphatic heterocycles. The van der Waals surface area contributed by atoms with Gasteiger partial charge in [0, 0.05) is 17.8 Å². The van der Waals surface area contributed by atoms with E-state index in [4.69, 9.17) is 16.3 Å². The van der Waals surface area contributed by atoms with Gasteiger partial charge in [0.15, 0.2) is 0 Å². The van der Waals surface area contributed by atoms with E-state index in [1.165, 1.54) is 0 Å². The third kappa shape index (κ3) is 4.18. The van der Waals surface area contributed by atoms with Crippen LogP contribution in [0.2, 0.25) is 5.02 Å². The lowest BCUT2D eigenvalue weighted by Gasteiger charge is -2.09. The van der Waals surface area contributed by atoms with Crippen LogP contribution >= 0.6 is 11.6 Å². The third-order valence-electron chi connectivity index (χ3n) is 2.76. The molecule has 106 valence electrons. The van der Waals surface area contributed by atoms with E-state index in [2.05, 4.69) is 22.2 Å². The van der Waals surface area contributed by atoms with Crippen LogP contribution in [0.1, 0.15) is 24.6 Å². The first-order chi connectivity index (χ1) is 9.69. The van der Waals surface area contributed by atoms with Crippen LogP contribution in [0.4, 0.5) is 0 Å². The summed E-state index contributed by atoms with van der Waals surface area (Å²) in [5.74, 6) is 1.18. The van der Waals surface area contributed by atoms with Crippen LogP contribution in [-0.4, -0.2) is 16.5 Å². The summed E-state index contributed by atoms with van der Waals surface area (Å²) in [6, 6.07) is 5.53. The molecule has 1 heterocycles. The Hall–Kier alpha value is -1.65. The molecule has 1 aromatic carbocycles. The summed E-state index contributed by atoms with van der Waals surface area (Å²) in [7, 11) is 0. The number of nitrogens with one attached hydrogen (secondary N) is 1. The Kier molecular flexibility index (Phi) is 5.32. The highest BCUT2D eigenvalue weighted by Crippen LogP contribution is 2.26. The Morgan fingerprint density at radius 3 is 2.95 bits per heavy atom. The highest BCUT2D eigenvalue weighted by atomic mass is 35.5. The average Bonchev–Trinajstić information content (AvgIpc) is 2.44. The molecule has 2 aromatic rings. The predicted molar refractivity (Wildman–Crippen MR) is 80.3 cm³/mol. The molecule has 2 rings (SSSR count). The molecule has 0 radical (unpaired) electrons. The topological polar surface area (TPSA) is 47.0 Å². The molecule has 0 aliphatic carbocycles. The van der Waals surface area contributed by atoms with Crippen molar-refractivity contribution in [2.24, 2.45) is 0 Å². The van der Waals surface area contributed by atoms with E-state index in [9.17, 15) is 0 Å². The second kappa shape index (κ2) is 7.22. The first kappa shape index (κ1) is 14.8. The quantitative estimate of drug-likeness (QED) is 0.824. The molecule has 1 N–H and O–H groups in total. The molecule has 20 heavy (non-hydrogen) atoms. The lowest BCUT2D eigenvalue weighted by atomic mass is 10.2. The zero-order valence-electron chi connectivity index (χ0n) is 11.7. The SMILES string of the molecule is CCCNCc1cncc(Oc2cc(Cl)ccc2C)n1. The van der Waals surface area contributed by atoms with E-state index in [1.807, 2.05) is 19.1 Å². The van der Waals surface area contributed by atoms with Gasteiger partial charge in [-0.05, 0) is 37.6 Å². The number of rotatable bonds is 6. The Bertz CT molecular complexity index is 575. The number of benzene rings is 1. The predicted octanol–water partition coefficient (Wildman–Crippen LogP) is 3.73. The van der Waals surface area contributed by atoms with Crippen LogP contribution in [0.5, 0.6) is 11.6 Å². The van der Waals surface area contributed by atoms with Crippen LogP contribution in [0, 0.1) is 6.92 Å². The standard InChI is InChI=1S/C15H18ClN3O/c1-3-6-17-8-13-9-18-10-15(19-13)20-14-7-12(16)5-4-11(14)2/h4-5,7,9-10,17H,3,6,8H2,1-2H3. The number of halogens is 1. The minimum Gasteiger partial charge on any atom is -0.437 e. The first-order valence-corrected chi connectivity index (χ1v) is 7.02. The van der Waals surface area contributed by atoms with Gasteiger partial charge in [-0.3, -0.25) is 4.98 Å². The third-order valence-corrected chi connectivity index (χ3v) is 3.00. The Balaban J connectivity index is 2.09. The lowest BCUT2D eigenvalue weighted by Crippen LogP contribution is -2.15. The van der Waals surface area contributed by atoms with E-state index in [-0.39, 0.29) is 0 Å². The van der Waals surface area contributed by atoms with Gasteiger partial charge in [-0.25, -0.2) is 4.98 Å². The Morgan fingerprint density at radius 2 is 2.15 bits per heavy atom. The zero-order valence-corrected chi connectivity index (χ0v) is 12.4. The maximum atomic E-state index is 5.97. The molecule has 4 nitrogen and oxygen atoms in total. The van der Waals surface area contributed by atoms with Crippen LogP contribution in [0.3, 0.4) is 0 Å². The number of aryl methyl sites for hydroxylation is 1. The fourth-order valence-corrected chi connectivity index (χ4v) is 1.87. The van der Waals surface area contributed by atoms with E-state index >= 15 is 0 Å². The fraction of sp³-hybridized carbons (Fsp3) is 0.333. The molecular formula is C15H18ClN3O. The van der Waals surface area contributed by atoms with Gasteiger partial charge < -0.3 is 10.1 Å². The summed E-state index contributed by atoms with van der Waals surface area (Å²) < 4.78 is 5.75. The smallest absolute Gasteiger partial charge is 0.238 e. The summed E-state index contributed by atoms with van der Waals surface area (Å²) in [5, 5.41) is 3.92. The van der Waals surface area contributed by atoms with Crippen molar-refractivity contribution in [1.82, 2.24) is 15.3 Å². The maximum absolute atomic E-state index is 5.97. The van der Waals surface area contributed by atoms with Gasteiger partial charge in [-0.15, -0.1) is 0 Å². The molecule has 0 amide bonds. The lowest BCUT2D eigenvalue weighted by molar-refractivity contribution is 0.453. The summed E-state index contributed by atoms with van der Waals surface area (Å²) in [4.78, 5) is 8.57. The summed E-state index contributed by atoms with van der Waals surface area (Å²) in [6.45, 7) is 5.73. The molecule has 0 saturated heterocycles.